The summed E-state index contributed by atoms with van der Waals surface area (Å²) in [6.45, 7) is 2.77. The van der Waals surface area contributed by atoms with E-state index >= 15 is 0 Å². The van der Waals surface area contributed by atoms with E-state index in [0.29, 0.717) is 0 Å². The first-order chi connectivity index (χ1) is 1.73. The Balaban J connectivity index is -0.0000000450. The second-order valence-electron chi connectivity index (χ2n) is 0.355. The van der Waals surface area contributed by atoms with Crippen LogP contribution in [-0.4, -0.2) is 5.24 Å². The van der Waals surface area contributed by atoms with Gasteiger partial charge in [0.2, 0.25) is 0 Å². The van der Waals surface area contributed by atoms with Crippen LogP contribution in [0.2, 0.25) is 0 Å². The van der Waals surface area contributed by atoms with E-state index in [0.717, 1.165) is 0 Å². The summed E-state index contributed by atoms with van der Waals surface area (Å²) in [5.74, 6) is 0. The Bertz CT molecular complexity index is 36.5. The van der Waals surface area contributed by atoms with Gasteiger partial charge in [-0.2, -0.15) is 0 Å². The summed E-state index contributed by atoms with van der Waals surface area (Å²) in [5.41, 5.74) is 0. The number of hydrogen-bond donors (Lipinski definition) is 0. The summed E-state index contributed by atoms with van der Waals surface area (Å²) < 4.78 is 0. The average Bonchev–Trinajstić information content (AvgIpc) is 0.811. The van der Waals surface area contributed by atoms with Crippen LogP contribution in [0, 0.1) is 6.92 Å². The standard InChI is InChI=1S/C2H2ClO.HI.Na/c1-2(3)4;;/h1H2;1H;/q-1;;+1. The number of halogens is 2. The minimum Gasteiger partial charge on any atom is -0.323 e. The van der Waals surface area contributed by atoms with Crippen LogP contribution < -0.4 is 29.6 Å². The largest absolute Gasteiger partial charge is 1.00 e. The third-order valence-electron chi connectivity index (χ3n) is 0. The Hall–Kier alpha value is 1.56. The molecule has 1 nitrogen and oxygen atoms in total. The first-order valence-electron chi connectivity index (χ1n) is 0.747. The number of hydrogen-bond acceptors (Lipinski definition) is 1. The van der Waals surface area contributed by atoms with E-state index in [9.17, 15) is 0 Å². The van der Waals surface area contributed by atoms with Gasteiger partial charge >= 0.3 is 29.6 Å². The first-order valence-corrected chi connectivity index (χ1v) is 1.12. The van der Waals surface area contributed by atoms with E-state index in [2.05, 4.69) is 18.5 Å². The quantitative estimate of drug-likeness (QED) is 0.207. The van der Waals surface area contributed by atoms with Crippen molar-refractivity contribution >= 4 is 40.8 Å². The van der Waals surface area contributed by atoms with Crippen LogP contribution >= 0.6 is 35.6 Å². The molecule has 0 fully saturated rings. The van der Waals surface area contributed by atoms with Crippen LogP contribution in [0.15, 0.2) is 0 Å². The summed E-state index contributed by atoms with van der Waals surface area (Å²) in [7, 11) is 0. The topological polar surface area (TPSA) is 17.1 Å². The molecule has 0 aromatic heterocycles. The van der Waals surface area contributed by atoms with Crippen LogP contribution in [0.4, 0.5) is 0 Å². The fourth-order valence-electron chi connectivity index (χ4n) is 0. The summed E-state index contributed by atoms with van der Waals surface area (Å²) in [4.78, 5) is 9.10. The van der Waals surface area contributed by atoms with E-state index in [1.54, 1.807) is 0 Å². The molecule has 0 spiro atoms. The van der Waals surface area contributed by atoms with E-state index in [1.165, 1.54) is 0 Å². The molecule has 0 amide bonds. The molecular formula is C2H3ClINaO. The molecule has 32 valence electrons. The zero-order valence-corrected chi connectivity index (χ0v) is 8.49. The molecule has 0 saturated carbocycles. The molecule has 0 atom stereocenters. The molecule has 0 aliphatic carbocycles. The molecule has 0 heterocycles. The van der Waals surface area contributed by atoms with E-state index in [-0.39, 0.29) is 53.5 Å². The van der Waals surface area contributed by atoms with Gasteiger partial charge in [-0.1, -0.05) is 11.6 Å². The van der Waals surface area contributed by atoms with Crippen LogP contribution in [-0.2, 0) is 4.79 Å². The second kappa shape index (κ2) is 9.75. The molecule has 0 radical (unpaired) electrons. The van der Waals surface area contributed by atoms with Gasteiger partial charge in [0.05, 0.1) is 5.24 Å². The molecule has 0 rings (SSSR count). The molecule has 0 saturated heterocycles. The fraction of sp³-hybridized carbons (Fsp3) is 0. The Morgan fingerprint density at radius 3 is 1.67 bits per heavy atom. The summed E-state index contributed by atoms with van der Waals surface area (Å²) in [5, 5.41) is -0.611. The van der Waals surface area contributed by atoms with E-state index in [1.807, 2.05) is 0 Å². The van der Waals surface area contributed by atoms with Crippen LogP contribution in [0.5, 0.6) is 0 Å². The van der Waals surface area contributed by atoms with Gasteiger partial charge in [0.1, 0.15) is 0 Å². The monoisotopic (exact) mass is 228 g/mol. The molecule has 6 heavy (non-hydrogen) atoms. The van der Waals surface area contributed by atoms with Gasteiger partial charge in [0.25, 0.3) is 0 Å². The van der Waals surface area contributed by atoms with Crippen molar-refractivity contribution in [2.75, 3.05) is 0 Å². The Morgan fingerprint density at radius 1 is 1.67 bits per heavy atom. The Labute approximate surface area is 81.1 Å². The van der Waals surface area contributed by atoms with Crippen molar-refractivity contribution in [2.45, 2.75) is 0 Å². The second-order valence-corrected chi connectivity index (χ2v) is 0.777. The smallest absolute Gasteiger partial charge is 0.323 e. The molecule has 0 unspecified atom stereocenters. The molecule has 0 aromatic rings. The van der Waals surface area contributed by atoms with Crippen LogP contribution in [0.25, 0.3) is 0 Å². The van der Waals surface area contributed by atoms with Crippen molar-refractivity contribution in [1.82, 2.24) is 0 Å². The number of rotatable bonds is 0. The minimum absolute atomic E-state index is 0. The number of carbonyl (C=O) groups is 1. The van der Waals surface area contributed by atoms with E-state index in [4.69, 9.17) is 4.79 Å². The van der Waals surface area contributed by atoms with Gasteiger partial charge < -0.3 is 11.7 Å². The van der Waals surface area contributed by atoms with Gasteiger partial charge in [-0.05, 0) is 0 Å². The summed E-state index contributed by atoms with van der Waals surface area (Å²) in [6, 6.07) is 0. The molecule has 0 aliphatic rings. The zero-order valence-electron chi connectivity index (χ0n) is 3.40. The van der Waals surface area contributed by atoms with Crippen molar-refractivity contribution in [3.8, 4) is 0 Å². The van der Waals surface area contributed by atoms with Gasteiger partial charge in [0.15, 0.2) is 0 Å². The maximum Gasteiger partial charge on any atom is 1.00 e. The van der Waals surface area contributed by atoms with Crippen molar-refractivity contribution in [2.24, 2.45) is 0 Å². The Kier molecular flexibility index (Phi) is 25.4. The first kappa shape index (κ1) is 15.6. The van der Waals surface area contributed by atoms with Gasteiger partial charge in [-0.15, -0.1) is 24.0 Å². The van der Waals surface area contributed by atoms with Gasteiger partial charge in [-0.25, -0.2) is 0 Å². The third kappa shape index (κ3) is 47.5. The summed E-state index contributed by atoms with van der Waals surface area (Å²) in [6.07, 6.45) is 0. The molecule has 4 heteroatoms. The molecular weight excluding hydrogens is 225 g/mol. The molecule has 0 bridgehead atoms. The Morgan fingerprint density at radius 2 is 1.67 bits per heavy atom. The normalized spacial score (nSPS) is 4.17. The summed E-state index contributed by atoms with van der Waals surface area (Å²) >= 11 is 4.52. The maximum absolute atomic E-state index is 9.10. The molecule has 0 aliphatic heterocycles. The average molecular weight is 228 g/mol. The molecule has 0 aromatic carbocycles. The number of carbonyl (C=O) groups excluding carboxylic acids is 1. The minimum atomic E-state index is -0.611. The van der Waals surface area contributed by atoms with E-state index < -0.39 is 5.24 Å². The van der Waals surface area contributed by atoms with Gasteiger partial charge in [-0.3, -0.25) is 0 Å². The van der Waals surface area contributed by atoms with Crippen LogP contribution in [0.3, 0.4) is 0 Å². The fourth-order valence-corrected chi connectivity index (χ4v) is 0. The van der Waals surface area contributed by atoms with Crippen molar-refractivity contribution in [1.29, 1.82) is 0 Å². The SMILES string of the molecule is I.[CH2-]C(=O)Cl.[Na+]. The predicted molar refractivity (Wildman–Crippen MR) is 31.6 cm³/mol. The van der Waals surface area contributed by atoms with Gasteiger partial charge in [0, 0.05) is 0 Å². The third-order valence-corrected chi connectivity index (χ3v) is 0. The van der Waals surface area contributed by atoms with Crippen molar-refractivity contribution in [3.05, 3.63) is 6.92 Å². The molecule has 0 N–H and O–H groups in total. The maximum atomic E-state index is 9.10. The zero-order chi connectivity index (χ0) is 3.58. The van der Waals surface area contributed by atoms with Crippen molar-refractivity contribution < 1.29 is 34.4 Å². The van der Waals surface area contributed by atoms with Crippen LogP contribution in [0.1, 0.15) is 0 Å². The van der Waals surface area contributed by atoms with Crippen molar-refractivity contribution in [3.63, 3.8) is 0 Å². The predicted octanol–water partition coefficient (Wildman–Crippen LogP) is -1.79.